The zero-order valence-corrected chi connectivity index (χ0v) is 17.9. The Labute approximate surface area is 170 Å². The van der Waals surface area contributed by atoms with E-state index in [0.717, 1.165) is 35.8 Å². The fourth-order valence-electron chi connectivity index (χ4n) is 8.32. The summed E-state index contributed by atoms with van der Waals surface area (Å²) in [6, 6.07) is 6.43. The van der Waals surface area contributed by atoms with Gasteiger partial charge < -0.3 is 4.74 Å². The quantitative estimate of drug-likeness (QED) is 0.423. The van der Waals surface area contributed by atoms with Gasteiger partial charge in [0, 0.05) is 6.92 Å². The molecule has 0 N–H and O–H groups in total. The second kappa shape index (κ2) is 6.61. The second-order valence-corrected chi connectivity index (χ2v) is 10.8. The first-order valence-corrected chi connectivity index (χ1v) is 11.7. The van der Waals surface area contributed by atoms with Crippen molar-refractivity contribution >= 4 is 5.97 Å². The first-order chi connectivity index (χ1) is 13.4. The van der Waals surface area contributed by atoms with Gasteiger partial charge in [0.15, 0.2) is 0 Å². The Morgan fingerprint density at radius 1 is 1.00 bits per heavy atom. The van der Waals surface area contributed by atoms with Crippen LogP contribution >= 0.6 is 0 Å². The van der Waals surface area contributed by atoms with Crippen molar-refractivity contribution in [1.29, 1.82) is 0 Å². The summed E-state index contributed by atoms with van der Waals surface area (Å²) in [5.74, 6) is 3.95. The molecule has 0 saturated heterocycles. The Morgan fingerprint density at radius 3 is 2.50 bits per heavy atom. The molecule has 0 aromatic heterocycles. The molecule has 0 radical (unpaired) electrons. The van der Waals surface area contributed by atoms with Gasteiger partial charge in [-0.05, 0) is 109 Å². The number of carbonyl (C=O) groups is 1. The van der Waals surface area contributed by atoms with Crippen molar-refractivity contribution in [1.82, 2.24) is 0 Å². The van der Waals surface area contributed by atoms with Crippen molar-refractivity contribution in [2.75, 3.05) is 0 Å². The molecule has 2 heteroatoms. The van der Waals surface area contributed by atoms with E-state index in [1.54, 1.807) is 5.56 Å². The number of benzene rings is 1. The molecule has 0 spiro atoms. The molecule has 0 heterocycles. The standard InChI is InChI=1S/C26H36O2/c1-17(27)28-20-9-11-21-18(16-20)8-10-23-22(21)12-14-26(3)24(23)13-15-25(26,2)19-6-4-5-7-19/h9,11,16,19,22-24H,4-8,10,12-15H2,1-3H3/t22-,23-,24+,25-,26+/m1/s1. The van der Waals surface area contributed by atoms with Gasteiger partial charge in [-0.25, -0.2) is 0 Å². The van der Waals surface area contributed by atoms with E-state index in [1.165, 1.54) is 70.3 Å². The zero-order valence-electron chi connectivity index (χ0n) is 17.9. The Morgan fingerprint density at radius 2 is 1.75 bits per heavy atom. The Hall–Kier alpha value is -1.31. The van der Waals surface area contributed by atoms with Crippen LogP contribution in [0.1, 0.15) is 95.6 Å². The van der Waals surface area contributed by atoms with Crippen LogP contribution in [0.25, 0.3) is 0 Å². The van der Waals surface area contributed by atoms with E-state index in [-0.39, 0.29) is 5.97 Å². The minimum absolute atomic E-state index is 0.223. The van der Waals surface area contributed by atoms with Gasteiger partial charge >= 0.3 is 5.97 Å². The lowest BCUT2D eigenvalue weighted by atomic mass is 9.49. The van der Waals surface area contributed by atoms with Crippen molar-refractivity contribution < 1.29 is 9.53 Å². The smallest absolute Gasteiger partial charge is 0.308 e. The van der Waals surface area contributed by atoms with Gasteiger partial charge in [0.25, 0.3) is 0 Å². The van der Waals surface area contributed by atoms with Gasteiger partial charge in [-0.3, -0.25) is 4.79 Å². The lowest BCUT2D eigenvalue weighted by molar-refractivity contribution is -0.131. The highest BCUT2D eigenvalue weighted by Crippen LogP contribution is 2.70. The molecule has 3 saturated carbocycles. The first-order valence-electron chi connectivity index (χ1n) is 11.7. The fourth-order valence-corrected chi connectivity index (χ4v) is 8.32. The number of aryl methyl sites for hydroxylation is 1. The third kappa shape index (κ3) is 2.62. The topological polar surface area (TPSA) is 26.3 Å². The van der Waals surface area contributed by atoms with Crippen molar-refractivity contribution in [3.63, 3.8) is 0 Å². The summed E-state index contributed by atoms with van der Waals surface area (Å²) in [4.78, 5) is 11.3. The number of hydrogen-bond donors (Lipinski definition) is 0. The molecule has 28 heavy (non-hydrogen) atoms. The molecule has 0 unspecified atom stereocenters. The molecule has 4 aliphatic rings. The van der Waals surface area contributed by atoms with Gasteiger partial charge in [-0.1, -0.05) is 32.8 Å². The third-order valence-electron chi connectivity index (χ3n) is 9.88. The van der Waals surface area contributed by atoms with Crippen molar-refractivity contribution in [2.45, 2.75) is 90.9 Å². The summed E-state index contributed by atoms with van der Waals surface area (Å²) >= 11 is 0. The maximum atomic E-state index is 11.3. The molecule has 0 aliphatic heterocycles. The maximum absolute atomic E-state index is 11.3. The van der Waals surface area contributed by atoms with Crippen LogP contribution in [0.3, 0.4) is 0 Å². The Balaban J connectivity index is 1.43. The highest BCUT2D eigenvalue weighted by molar-refractivity contribution is 5.69. The highest BCUT2D eigenvalue weighted by Gasteiger charge is 2.61. The summed E-state index contributed by atoms with van der Waals surface area (Å²) in [7, 11) is 0. The van der Waals surface area contributed by atoms with E-state index in [0.29, 0.717) is 10.8 Å². The number of ether oxygens (including phenoxy) is 1. The summed E-state index contributed by atoms with van der Waals surface area (Å²) in [5.41, 5.74) is 4.10. The molecule has 0 amide bonds. The van der Waals surface area contributed by atoms with Crippen LogP contribution in [0.5, 0.6) is 5.75 Å². The monoisotopic (exact) mass is 380 g/mol. The van der Waals surface area contributed by atoms with Crippen LogP contribution < -0.4 is 4.74 Å². The molecule has 4 aliphatic carbocycles. The average molecular weight is 381 g/mol. The predicted molar refractivity (Wildman–Crippen MR) is 112 cm³/mol. The Kier molecular flexibility index (Phi) is 4.41. The minimum Gasteiger partial charge on any atom is -0.427 e. The fraction of sp³-hybridized carbons (Fsp3) is 0.731. The number of esters is 1. The van der Waals surface area contributed by atoms with E-state index in [2.05, 4.69) is 26.0 Å². The molecule has 3 fully saturated rings. The minimum atomic E-state index is -0.223. The van der Waals surface area contributed by atoms with Gasteiger partial charge in [-0.2, -0.15) is 0 Å². The molecule has 2 nitrogen and oxygen atoms in total. The van der Waals surface area contributed by atoms with Gasteiger partial charge in [0.1, 0.15) is 5.75 Å². The lowest BCUT2D eigenvalue weighted by Crippen LogP contribution is -2.48. The summed E-state index contributed by atoms with van der Waals surface area (Å²) in [6.45, 7) is 6.84. The second-order valence-electron chi connectivity index (χ2n) is 10.8. The summed E-state index contributed by atoms with van der Waals surface area (Å²) < 4.78 is 5.35. The number of rotatable bonds is 2. The molecule has 5 atom stereocenters. The molecular formula is C26H36O2. The van der Waals surface area contributed by atoms with Crippen molar-refractivity contribution in [3.05, 3.63) is 29.3 Å². The molecule has 0 bridgehead atoms. The van der Waals surface area contributed by atoms with E-state index in [1.807, 2.05) is 6.07 Å². The number of carbonyl (C=O) groups excluding carboxylic acids is 1. The molecule has 1 aromatic carbocycles. The molecule has 152 valence electrons. The third-order valence-corrected chi connectivity index (χ3v) is 9.88. The van der Waals surface area contributed by atoms with E-state index < -0.39 is 0 Å². The van der Waals surface area contributed by atoms with Crippen molar-refractivity contribution in [3.8, 4) is 5.75 Å². The summed E-state index contributed by atoms with van der Waals surface area (Å²) in [5, 5.41) is 0. The highest BCUT2D eigenvalue weighted by atomic mass is 16.5. The van der Waals surface area contributed by atoms with Crippen LogP contribution in [0, 0.1) is 28.6 Å². The summed E-state index contributed by atoms with van der Waals surface area (Å²) in [6.07, 6.45) is 14.0. The van der Waals surface area contributed by atoms with Crippen LogP contribution in [-0.4, -0.2) is 5.97 Å². The van der Waals surface area contributed by atoms with Crippen LogP contribution in [0.15, 0.2) is 18.2 Å². The van der Waals surface area contributed by atoms with E-state index in [4.69, 9.17) is 4.74 Å². The van der Waals surface area contributed by atoms with E-state index in [9.17, 15) is 4.79 Å². The lowest BCUT2D eigenvalue weighted by Gasteiger charge is -2.56. The molecular weight excluding hydrogens is 344 g/mol. The zero-order chi connectivity index (χ0) is 19.5. The number of hydrogen-bond acceptors (Lipinski definition) is 2. The number of fused-ring (bicyclic) bond motifs is 5. The van der Waals surface area contributed by atoms with Gasteiger partial charge in [-0.15, -0.1) is 0 Å². The van der Waals surface area contributed by atoms with E-state index >= 15 is 0 Å². The predicted octanol–water partition coefficient (Wildman–Crippen LogP) is 6.66. The average Bonchev–Trinajstić information content (AvgIpc) is 3.29. The van der Waals surface area contributed by atoms with Crippen LogP contribution in [0.4, 0.5) is 0 Å². The maximum Gasteiger partial charge on any atom is 0.308 e. The normalized spacial score (nSPS) is 39.9. The molecule has 5 rings (SSSR count). The Bertz CT molecular complexity index is 777. The van der Waals surface area contributed by atoms with Crippen molar-refractivity contribution in [2.24, 2.45) is 28.6 Å². The first kappa shape index (κ1) is 18.7. The SMILES string of the molecule is CC(=O)Oc1ccc2c(c1)CC[C@@H]1[C@@H]2CC[C@@]2(C)[C@H]1CC[C@]2(C)C1CCCC1. The van der Waals surface area contributed by atoms with Gasteiger partial charge in [0.2, 0.25) is 0 Å². The largest absolute Gasteiger partial charge is 0.427 e. The van der Waals surface area contributed by atoms with Crippen LogP contribution in [-0.2, 0) is 11.2 Å². The van der Waals surface area contributed by atoms with Gasteiger partial charge in [0.05, 0.1) is 0 Å². The molecule has 1 aromatic rings. The van der Waals surface area contributed by atoms with Crippen LogP contribution in [0.2, 0.25) is 0 Å².